The van der Waals surface area contributed by atoms with Crippen LogP contribution < -0.4 is 0 Å². The molecule has 1 unspecified atom stereocenters. The third kappa shape index (κ3) is 3.07. The molecule has 1 aliphatic carbocycles. The first-order chi connectivity index (χ1) is 10.7. The maximum Gasteiger partial charge on any atom is 0.229 e. The number of Topliss-reactive ketones (excluding diaryl/α,β-unsaturated/α-hetero) is 1. The van der Waals surface area contributed by atoms with Crippen LogP contribution in [0.25, 0.3) is 0 Å². The van der Waals surface area contributed by atoms with Gasteiger partial charge in [0, 0.05) is 23.9 Å². The molecule has 0 radical (unpaired) electrons. The molecule has 1 saturated heterocycles. The topological polar surface area (TPSA) is 37.4 Å². The normalized spacial score (nSPS) is 22.0. The van der Waals surface area contributed by atoms with Crippen molar-refractivity contribution in [2.45, 2.75) is 43.9 Å². The Morgan fingerprint density at radius 1 is 1.27 bits per heavy atom. The highest BCUT2D eigenvalue weighted by Crippen LogP contribution is 2.52. The summed E-state index contributed by atoms with van der Waals surface area (Å²) in [6, 6.07) is 9.44. The number of likely N-dealkylation sites (tertiary alicyclic amines) is 1. The Labute approximate surface area is 136 Å². The molecule has 0 N–H and O–H groups in total. The second-order valence-electron chi connectivity index (χ2n) is 6.40. The van der Waals surface area contributed by atoms with Crippen LogP contribution in [-0.2, 0) is 4.79 Å². The van der Waals surface area contributed by atoms with Crippen molar-refractivity contribution in [2.24, 2.45) is 5.41 Å². The van der Waals surface area contributed by atoms with E-state index in [4.69, 9.17) is 0 Å². The van der Waals surface area contributed by atoms with Crippen molar-refractivity contribution in [1.82, 2.24) is 4.90 Å². The van der Waals surface area contributed by atoms with Crippen molar-refractivity contribution in [3.8, 4) is 0 Å². The molecule has 1 saturated carbocycles. The van der Waals surface area contributed by atoms with Crippen molar-refractivity contribution in [3.05, 3.63) is 35.9 Å². The molecule has 2 fully saturated rings. The Balaban J connectivity index is 1.49. The van der Waals surface area contributed by atoms with E-state index in [1.54, 1.807) is 11.8 Å². The van der Waals surface area contributed by atoms with Crippen LogP contribution in [0.4, 0.5) is 0 Å². The molecule has 1 aromatic carbocycles. The summed E-state index contributed by atoms with van der Waals surface area (Å²) in [6.45, 7) is 0.912. The van der Waals surface area contributed by atoms with Crippen LogP contribution in [0.15, 0.2) is 30.3 Å². The quantitative estimate of drug-likeness (QED) is 0.719. The first-order valence-electron chi connectivity index (χ1n) is 8.08. The van der Waals surface area contributed by atoms with E-state index in [2.05, 4.69) is 6.26 Å². The van der Waals surface area contributed by atoms with Gasteiger partial charge in [0.1, 0.15) is 0 Å². The van der Waals surface area contributed by atoms with Gasteiger partial charge in [-0.25, -0.2) is 0 Å². The first-order valence-corrected chi connectivity index (χ1v) is 9.37. The summed E-state index contributed by atoms with van der Waals surface area (Å²) >= 11 is 1.77. The van der Waals surface area contributed by atoms with Gasteiger partial charge in [-0.15, -0.1) is 11.8 Å². The van der Waals surface area contributed by atoms with Crippen molar-refractivity contribution in [3.63, 3.8) is 0 Å². The molecule has 4 heteroatoms. The molecular formula is C18H23NO2S. The van der Waals surface area contributed by atoms with Gasteiger partial charge in [-0.1, -0.05) is 30.3 Å². The predicted octanol–water partition coefficient (Wildman–Crippen LogP) is 3.74. The summed E-state index contributed by atoms with van der Waals surface area (Å²) in [7, 11) is 0. The molecule has 1 amide bonds. The number of ketones is 1. The third-order valence-corrected chi connectivity index (χ3v) is 5.99. The number of thioether (sulfide) groups is 1. The fourth-order valence-corrected chi connectivity index (χ4v) is 4.02. The minimum absolute atomic E-state index is 0.134. The van der Waals surface area contributed by atoms with Crippen molar-refractivity contribution >= 4 is 23.5 Å². The van der Waals surface area contributed by atoms with E-state index in [9.17, 15) is 9.59 Å². The van der Waals surface area contributed by atoms with Gasteiger partial charge in [0.05, 0.1) is 5.37 Å². The van der Waals surface area contributed by atoms with Crippen LogP contribution in [0.3, 0.4) is 0 Å². The average molecular weight is 317 g/mol. The minimum Gasteiger partial charge on any atom is -0.330 e. The fraction of sp³-hybridized carbons (Fsp3) is 0.556. The summed E-state index contributed by atoms with van der Waals surface area (Å²) in [6.07, 6.45) is 7.42. The molecule has 0 aromatic heterocycles. The van der Waals surface area contributed by atoms with Crippen LogP contribution in [0.5, 0.6) is 0 Å². The highest BCUT2D eigenvalue weighted by molar-refractivity contribution is 7.99. The zero-order chi connectivity index (χ0) is 15.6. The molecule has 0 spiro atoms. The fourth-order valence-electron chi connectivity index (χ4n) is 3.22. The standard InChI is InChI=1S/C18H23NO2S/c1-22-16-9-13-19(16)17(21)18(11-12-18)10-5-8-15(20)14-6-3-2-4-7-14/h2-4,6-7,16H,5,8-13H2,1H3. The number of rotatable bonds is 7. The van der Waals surface area contributed by atoms with Gasteiger partial charge in [-0.2, -0.15) is 0 Å². The Hall–Kier alpha value is -1.29. The molecule has 1 atom stereocenters. The second kappa shape index (κ2) is 6.45. The van der Waals surface area contributed by atoms with E-state index in [0.29, 0.717) is 17.7 Å². The summed E-state index contributed by atoms with van der Waals surface area (Å²) in [5.41, 5.74) is 0.648. The van der Waals surface area contributed by atoms with Gasteiger partial charge in [0.25, 0.3) is 0 Å². The molecule has 1 aromatic rings. The molecular weight excluding hydrogens is 294 g/mol. The number of nitrogens with zero attached hydrogens (tertiary/aromatic N) is 1. The summed E-state index contributed by atoms with van der Waals surface area (Å²) < 4.78 is 0. The van der Waals surface area contributed by atoms with Gasteiger partial charge in [0.2, 0.25) is 5.91 Å². The van der Waals surface area contributed by atoms with Gasteiger partial charge in [-0.3, -0.25) is 9.59 Å². The Morgan fingerprint density at radius 2 is 2.00 bits per heavy atom. The number of hydrogen-bond acceptors (Lipinski definition) is 3. The lowest BCUT2D eigenvalue weighted by Gasteiger charge is -2.42. The van der Waals surface area contributed by atoms with Gasteiger partial charge in [-0.05, 0) is 38.4 Å². The average Bonchev–Trinajstić information content (AvgIpc) is 3.28. The van der Waals surface area contributed by atoms with Crippen molar-refractivity contribution in [1.29, 1.82) is 0 Å². The van der Waals surface area contributed by atoms with E-state index in [1.165, 1.54) is 0 Å². The molecule has 22 heavy (non-hydrogen) atoms. The van der Waals surface area contributed by atoms with Gasteiger partial charge < -0.3 is 4.90 Å². The van der Waals surface area contributed by atoms with Crippen LogP contribution >= 0.6 is 11.8 Å². The Kier molecular flexibility index (Phi) is 4.57. The first kappa shape index (κ1) is 15.6. The zero-order valence-corrected chi connectivity index (χ0v) is 13.9. The lowest BCUT2D eigenvalue weighted by atomic mass is 9.94. The maximum atomic E-state index is 12.7. The predicted molar refractivity (Wildman–Crippen MR) is 89.9 cm³/mol. The Morgan fingerprint density at radius 3 is 2.55 bits per heavy atom. The van der Waals surface area contributed by atoms with Crippen LogP contribution in [0.1, 0.15) is 48.9 Å². The monoisotopic (exact) mass is 317 g/mol. The lowest BCUT2D eigenvalue weighted by molar-refractivity contribution is -0.142. The molecule has 0 bridgehead atoms. The summed E-state index contributed by atoms with van der Waals surface area (Å²) in [5, 5.41) is 0.385. The minimum atomic E-state index is -0.134. The number of carbonyl (C=O) groups excluding carboxylic acids is 2. The molecule has 3 nitrogen and oxygen atoms in total. The van der Waals surface area contributed by atoms with Gasteiger partial charge in [0.15, 0.2) is 5.78 Å². The molecule has 118 valence electrons. The largest absolute Gasteiger partial charge is 0.330 e. The van der Waals surface area contributed by atoms with Crippen molar-refractivity contribution in [2.75, 3.05) is 12.8 Å². The highest BCUT2D eigenvalue weighted by Gasteiger charge is 2.53. The maximum absolute atomic E-state index is 12.7. The number of amides is 1. The summed E-state index contributed by atoms with van der Waals surface area (Å²) in [4.78, 5) is 26.8. The summed E-state index contributed by atoms with van der Waals surface area (Å²) in [5.74, 6) is 0.528. The number of carbonyl (C=O) groups is 2. The second-order valence-corrected chi connectivity index (χ2v) is 7.42. The number of benzene rings is 1. The van der Waals surface area contributed by atoms with E-state index in [-0.39, 0.29) is 11.2 Å². The van der Waals surface area contributed by atoms with Crippen LogP contribution in [-0.4, -0.2) is 34.8 Å². The zero-order valence-electron chi connectivity index (χ0n) is 13.1. The Bertz CT molecular complexity index is 551. The van der Waals surface area contributed by atoms with Crippen LogP contribution in [0.2, 0.25) is 0 Å². The third-order valence-electron chi connectivity index (χ3n) is 4.96. The highest BCUT2D eigenvalue weighted by atomic mass is 32.2. The van der Waals surface area contributed by atoms with Crippen LogP contribution in [0, 0.1) is 5.41 Å². The molecule has 3 rings (SSSR count). The van der Waals surface area contributed by atoms with E-state index in [1.807, 2.05) is 35.2 Å². The molecule has 1 heterocycles. The SMILES string of the molecule is CSC1CCN1C(=O)C1(CCCC(=O)c2ccccc2)CC1. The van der Waals surface area contributed by atoms with E-state index < -0.39 is 0 Å². The van der Waals surface area contributed by atoms with Crippen molar-refractivity contribution < 1.29 is 9.59 Å². The van der Waals surface area contributed by atoms with E-state index in [0.717, 1.165) is 44.2 Å². The van der Waals surface area contributed by atoms with E-state index >= 15 is 0 Å². The number of hydrogen-bond donors (Lipinski definition) is 0. The molecule has 1 aliphatic heterocycles. The molecule has 2 aliphatic rings. The van der Waals surface area contributed by atoms with Gasteiger partial charge >= 0.3 is 0 Å². The smallest absolute Gasteiger partial charge is 0.229 e. The lowest BCUT2D eigenvalue weighted by Crippen LogP contribution is -2.52.